The van der Waals surface area contributed by atoms with Crippen molar-refractivity contribution in [1.29, 1.82) is 0 Å². The third-order valence-electron chi connectivity index (χ3n) is 2.64. The van der Waals surface area contributed by atoms with Crippen molar-refractivity contribution in [2.45, 2.75) is 19.9 Å². The first-order valence-electron chi connectivity index (χ1n) is 6.04. The van der Waals surface area contributed by atoms with Gasteiger partial charge in [0.2, 0.25) is 0 Å². The molecule has 1 aromatic heterocycles. The van der Waals surface area contributed by atoms with Gasteiger partial charge in [0, 0.05) is 19.2 Å². The third-order valence-corrected chi connectivity index (χ3v) is 2.64. The Bertz CT molecular complexity index is 506. The summed E-state index contributed by atoms with van der Waals surface area (Å²) in [6.45, 7) is 3.05. The lowest BCUT2D eigenvalue weighted by molar-refractivity contribution is 0.0952. The Morgan fingerprint density at radius 3 is 2.78 bits per heavy atom. The van der Waals surface area contributed by atoms with Crippen LogP contribution in [0.5, 0.6) is 5.75 Å². The molecule has 0 fully saturated rings. The fourth-order valence-corrected chi connectivity index (χ4v) is 1.73. The molecule has 0 aliphatic carbocycles. The molecular weight excluding hydrogens is 228 g/mol. The second-order valence-electron chi connectivity index (χ2n) is 3.87. The van der Waals surface area contributed by atoms with Crippen LogP contribution in [0, 0.1) is 0 Å². The van der Waals surface area contributed by atoms with Gasteiger partial charge in [-0.15, -0.1) is 0 Å². The number of para-hydroxylation sites is 1. The van der Waals surface area contributed by atoms with Crippen LogP contribution in [0.3, 0.4) is 0 Å². The predicted octanol–water partition coefficient (Wildman–Crippen LogP) is 2.55. The number of carbonyl (C=O) groups excluding carboxylic acids is 1. The van der Waals surface area contributed by atoms with Crippen LogP contribution >= 0.6 is 0 Å². The van der Waals surface area contributed by atoms with E-state index in [9.17, 15) is 4.79 Å². The van der Waals surface area contributed by atoms with Crippen molar-refractivity contribution in [2.75, 3.05) is 6.61 Å². The van der Waals surface area contributed by atoms with Crippen molar-refractivity contribution >= 4 is 5.78 Å². The maximum absolute atomic E-state index is 11.9. The molecule has 0 saturated carbocycles. The van der Waals surface area contributed by atoms with Gasteiger partial charge in [-0.3, -0.25) is 9.48 Å². The van der Waals surface area contributed by atoms with Crippen molar-refractivity contribution in [3.63, 3.8) is 0 Å². The van der Waals surface area contributed by atoms with E-state index in [1.165, 1.54) is 0 Å². The first-order valence-corrected chi connectivity index (χ1v) is 6.04. The first kappa shape index (κ1) is 12.4. The number of aryl methyl sites for hydroxylation is 1. The molecule has 4 nitrogen and oxygen atoms in total. The zero-order valence-electron chi connectivity index (χ0n) is 10.4. The molecule has 18 heavy (non-hydrogen) atoms. The van der Waals surface area contributed by atoms with Crippen LogP contribution in [0.1, 0.15) is 23.8 Å². The third kappa shape index (κ3) is 2.97. The average Bonchev–Trinajstić information content (AvgIpc) is 2.88. The van der Waals surface area contributed by atoms with Crippen LogP contribution in [0.15, 0.2) is 42.6 Å². The Balaban J connectivity index is 1.86. The Hall–Kier alpha value is -2.10. The van der Waals surface area contributed by atoms with Crippen LogP contribution in [0.2, 0.25) is 0 Å². The SMILES string of the molecule is CCn1nccc1C(=O)CCOc1ccccc1. The molecule has 0 amide bonds. The molecule has 0 N–H and O–H groups in total. The molecule has 4 heteroatoms. The number of hydrogen-bond donors (Lipinski definition) is 0. The Labute approximate surface area is 106 Å². The van der Waals surface area contributed by atoms with Crippen LogP contribution in [0.25, 0.3) is 0 Å². The summed E-state index contributed by atoms with van der Waals surface area (Å²) in [6.07, 6.45) is 2.01. The number of rotatable bonds is 6. The van der Waals surface area contributed by atoms with E-state index in [4.69, 9.17) is 4.74 Å². The summed E-state index contributed by atoms with van der Waals surface area (Å²) in [6, 6.07) is 11.2. The van der Waals surface area contributed by atoms with Crippen molar-refractivity contribution in [3.8, 4) is 5.75 Å². The first-order chi connectivity index (χ1) is 8.81. The van der Waals surface area contributed by atoms with Gasteiger partial charge < -0.3 is 4.74 Å². The number of benzene rings is 1. The number of ketones is 1. The quantitative estimate of drug-likeness (QED) is 0.733. The molecule has 0 atom stereocenters. The molecule has 0 aliphatic rings. The van der Waals surface area contributed by atoms with E-state index in [0.29, 0.717) is 25.3 Å². The minimum Gasteiger partial charge on any atom is -0.493 e. The molecule has 2 aromatic rings. The predicted molar refractivity (Wildman–Crippen MR) is 68.8 cm³/mol. The number of Topliss-reactive ketones (excluding diaryl/α,β-unsaturated/α-hetero) is 1. The molecule has 2 rings (SSSR count). The Kier molecular flexibility index (Phi) is 4.12. The van der Waals surface area contributed by atoms with Crippen LogP contribution < -0.4 is 4.74 Å². The van der Waals surface area contributed by atoms with E-state index in [2.05, 4.69) is 5.10 Å². The van der Waals surface area contributed by atoms with Crippen molar-refractivity contribution < 1.29 is 9.53 Å². The van der Waals surface area contributed by atoms with Gasteiger partial charge in [-0.2, -0.15) is 5.10 Å². The normalized spacial score (nSPS) is 10.3. The molecule has 1 aromatic carbocycles. The average molecular weight is 244 g/mol. The fraction of sp³-hybridized carbons (Fsp3) is 0.286. The highest BCUT2D eigenvalue weighted by Crippen LogP contribution is 2.09. The van der Waals surface area contributed by atoms with Crippen molar-refractivity contribution in [2.24, 2.45) is 0 Å². The number of hydrogen-bond acceptors (Lipinski definition) is 3. The fourth-order valence-electron chi connectivity index (χ4n) is 1.73. The van der Waals surface area contributed by atoms with Gasteiger partial charge >= 0.3 is 0 Å². The molecule has 0 unspecified atom stereocenters. The highest BCUT2D eigenvalue weighted by Gasteiger charge is 2.10. The van der Waals surface area contributed by atoms with Gasteiger partial charge in [0.25, 0.3) is 0 Å². The monoisotopic (exact) mass is 244 g/mol. The van der Waals surface area contributed by atoms with Crippen LogP contribution in [-0.4, -0.2) is 22.2 Å². The number of ether oxygens (including phenoxy) is 1. The Morgan fingerprint density at radius 1 is 1.28 bits per heavy atom. The van der Waals surface area contributed by atoms with Crippen molar-refractivity contribution in [1.82, 2.24) is 9.78 Å². The van der Waals surface area contributed by atoms with Crippen LogP contribution in [-0.2, 0) is 6.54 Å². The number of nitrogens with zero attached hydrogens (tertiary/aromatic N) is 2. The maximum Gasteiger partial charge on any atom is 0.184 e. The van der Waals surface area contributed by atoms with E-state index in [-0.39, 0.29) is 5.78 Å². The van der Waals surface area contributed by atoms with E-state index in [1.54, 1.807) is 16.9 Å². The van der Waals surface area contributed by atoms with Gasteiger partial charge in [-0.25, -0.2) is 0 Å². The molecular formula is C14H16N2O2. The molecule has 0 bridgehead atoms. The topological polar surface area (TPSA) is 44.1 Å². The molecule has 1 heterocycles. The standard InChI is InChI=1S/C14H16N2O2/c1-2-16-13(8-10-15-16)14(17)9-11-18-12-6-4-3-5-7-12/h3-8,10H,2,9,11H2,1H3. The maximum atomic E-state index is 11.9. The van der Waals surface area contributed by atoms with Gasteiger partial charge in [0.05, 0.1) is 6.61 Å². The lowest BCUT2D eigenvalue weighted by Crippen LogP contribution is -2.12. The van der Waals surface area contributed by atoms with E-state index < -0.39 is 0 Å². The minimum atomic E-state index is 0.0604. The van der Waals surface area contributed by atoms with Gasteiger partial charge in [-0.05, 0) is 25.1 Å². The summed E-state index contributed by atoms with van der Waals surface area (Å²) < 4.78 is 7.20. The summed E-state index contributed by atoms with van der Waals surface area (Å²) in [5.74, 6) is 0.847. The highest BCUT2D eigenvalue weighted by atomic mass is 16.5. The van der Waals surface area contributed by atoms with Crippen molar-refractivity contribution in [3.05, 3.63) is 48.3 Å². The second kappa shape index (κ2) is 6.00. The molecule has 94 valence electrons. The van der Waals surface area contributed by atoms with Gasteiger partial charge in [0.1, 0.15) is 11.4 Å². The summed E-state index contributed by atoms with van der Waals surface area (Å²) >= 11 is 0. The van der Waals surface area contributed by atoms with Crippen LogP contribution in [0.4, 0.5) is 0 Å². The smallest absolute Gasteiger partial charge is 0.184 e. The second-order valence-corrected chi connectivity index (χ2v) is 3.87. The molecule has 0 aliphatic heterocycles. The number of aromatic nitrogens is 2. The van der Waals surface area contributed by atoms with E-state index >= 15 is 0 Å². The highest BCUT2D eigenvalue weighted by molar-refractivity contribution is 5.94. The van der Waals surface area contributed by atoms with E-state index in [1.807, 2.05) is 37.3 Å². The number of carbonyl (C=O) groups is 1. The van der Waals surface area contributed by atoms with E-state index in [0.717, 1.165) is 5.75 Å². The zero-order valence-corrected chi connectivity index (χ0v) is 10.4. The summed E-state index contributed by atoms with van der Waals surface area (Å²) in [5.41, 5.74) is 0.647. The minimum absolute atomic E-state index is 0.0604. The van der Waals surface area contributed by atoms with Gasteiger partial charge in [-0.1, -0.05) is 18.2 Å². The Morgan fingerprint density at radius 2 is 2.06 bits per heavy atom. The lowest BCUT2D eigenvalue weighted by Gasteiger charge is -2.06. The summed E-state index contributed by atoms with van der Waals surface area (Å²) in [7, 11) is 0. The zero-order chi connectivity index (χ0) is 12.8. The molecule has 0 saturated heterocycles. The lowest BCUT2D eigenvalue weighted by atomic mass is 10.2. The van der Waals surface area contributed by atoms with Gasteiger partial charge in [0.15, 0.2) is 5.78 Å². The molecule has 0 radical (unpaired) electrons. The summed E-state index contributed by atoms with van der Waals surface area (Å²) in [4.78, 5) is 11.9. The largest absolute Gasteiger partial charge is 0.493 e. The summed E-state index contributed by atoms with van der Waals surface area (Å²) in [5, 5.41) is 4.08. The molecule has 0 spiro atoms.